The molecule has 0 bridgehead atoms. The number of anilines is 1. The maximum absolute atomic E-state index is 12.9. The quantitative estimate of drug-likeness (QED) is 0.480. The van der Waals surface area contributed by atoms with E-state index in [1.807, 2.05) is 24.3 Å². The Bertz CT molecular complexity index is 1000. The number of hydrogen-bond donors (Lipinski definition) is 3. The summed E-state index contributed by atoms with van der Waals surface area (Å²) < 4.78 is 2.23. The Morgan fingerprint density at radius 3 is 2.37 bits per heavy atom. The molecule has 0 spiro atoms. The average Bonchev–Trinajstić information content (AvgIpc) is 3.40. The van der Waals surface area contributed by atoms with Crippen molar-refractivity contribution in [1.29, 1.82) is 0 Å². The van der Waals surface area contributed by atoms with E-state index in [1.165, 1.54) is 23.1 Å². The number of thiophene rings is 1. The highest BCUT2D eigenvalue weighted by Crippen LogP contribution is 2.45. The summed E-state index contributed by atoms with van der Waals surface area (Å²) in [6.45, 7) is 3.23. The van der Waals surface area contributed by atoms with Crippen LogP contribution >= 0.6 is 23.1 Å². The molecule has 0 aromatic carbocycles. The van der Waals surface area contributed by atoms with Gasteiger partial charge in [-0.15, -0.1) is 11.3 Å². The van der Waals surface area contributed by atoms with Crippen molar-refractivity contribution in [3.8, 4) is 0 Å². The van der Waals surface area contributed by atoms with E-state index in [0.29, 0.717) is 11.1 Å². The number of aliphatic hydroxyl groups excluding tert-OH is 3. The number of thioether (sulfide) groups is 1. The highest BCUT2D eigenvalue weighted by molar-refractivity contribution is 8.18. The summed E-state index contributed by atoms with van der Waals surface area (Å²) in [6, 6.07) is 3.90. The molecule has 3 aliphatic heterocycles. The number of carbonyl (C=O) groups excluding carboxylic acids is 1. The molecule has 2 saturated heterocycles. The fraction of sp³-hybridized carbons (Fsp3) is 0.455. The van der Waals surface area contributed by atoms with Gasteiger partial charge in [-0.3, -0.25) is 4.79 Å². The first-order valence-corrected chi connectivity index (χ1v) is 12.1. The van der Waals surface area contributed by atoms with Crippen molar-refractivity contribution in [3.63, 3.8) is 0 Å². The molecule has 0 radical (unpaired) electrons. The Morgan fingerprint density at radius 1 is 0.967 bits per heavy atom. The van der Waals surface area contributed by atoms with Gasteiger partial charge in [-0.2, -0.15) is 0 Å². The van der Waals surface area contributed by atoms with Gasteiger partial charge in [0.15, 0.2) is 0 Å². The monoisotopic (exact) mass is 445 g/mol. The third-order valence-electron chi connectivity index (χ3n) is 6.16. The lowest BCUT2D eigenvalue weighted by molar-refractivity contribution is -0.538. The molecule has 1 aromatic rings. The summed E-state index contributed by atoms with van der Waals surface area (Å²) in [7, 11) is 0. The smallest absolute Gasteiger partial charge is 0.239 e. The van der Waals surface area contributed by atoms with Crippen molar-refractivity contribution in [2.24, 2.45) is 0 Å². The third kappa shape index (κ3) is 3.56. The minimum absolute atomic E-state index is 0.0879. The number of allylic oxidation sites excluding steroid dienone is 3. The fourth-order valence-corrected chi connectivity index (χ4v) is 6.50. The lowest BCUT2D eigenvalue weighted by atomic mass is 9.86. The summed E-state index contributed by atoms with van der Waals surface area (Å²) in [4.78, 5) is 16.7. The molecule has 8 heteroatoms. The van der Waals surface area contributed by atoms with Crippen molar-refractivity contribution in [3.05, 3.63) is 45.4 Å². The molecule has 158 valence electrons. The van der Waals surface area contributed by atoms with Gasteiger partial charge in [0, 0.05) is 41.8 Å². The van der Waals surface area contributed by atoms with Crippen LogP contribution in [0.2, 0.25) is 0 Å². The molecule has 1 aromatic heterocycles. The van der Waals surface area contributed by atoms with Crippen LogP contribution in [0.5, 0.6) is 0 Å². The first-order valence-electron chi connectivity index (χ1n) is 10.4. The van der Waals surface area contributed by atoms with Gasteiger partial charge in [-0.1, -0.05) is 0 Å². The minimum atomic E-state index is -0.219. The van der Waals surface area contributed by atoms with Gasteiger partial charge in [-0.25, -0.2) is 4.58 Å². The number of hydrogen-bond acceptors (Lipinski definition) is 7. The number of piperidine rings is 2. The van der Waals surface area contributed by atoms with E-state index in [9.17, 15) is 20.1 Å². The molecule has 0 atom stereocenters. The van der Waals surface area contributed by atoms with Crippen LogP contribution in [0.1, 0.15) is 30.6 Å². The van der Waals surface area contributed by atoms with Gasteiger partial charge in [0.2, 0.25) is 10.8 Å². The van der Waals surface area contributed by atoms with E-state index < -0.39 is 0 Å². The number of nitrogens with zero attached hydrogens (tertiary/aromatic N) is 2. The highest BCUT2D eigenvalue weighted by Gasteiger charge is 2.40. The second-order valence-corrected chi connectivity index (χ2v) is 10.3. The van der Waals surface area contributed by atoms with Gasteiger partial charge in [0.25, 0.3) is 0 Å². The summed E-state index contributed by atoms with van der Waals surface area (Å²) in [5.41, 5.74) is 0.823. The van der Waals surface area contributed by atoms with Crippen LogP contribution in [-0.4, -0.2) is 69.1 Å². The zero-order valence-corrected chi connectivity index (χ0v) is 18.2. The van der Waals surface area contributed by atoms with Crippen molar-refractivity contribution in [2.75, 3.05) is 31.1 Å². The molecule has 6 nitrogen and oxygen atoms in total. The number of Topliss-reactive ketones (excluding diaryl/α,β-unsaturated/α-hetero) is 1. The van der Waals surface area contributed by atoms with E-state index >= 15 is 0 Å². The first kappa shape index (κ1) is 20.1. The van der Waals surface area contributed by atoms with Gasteiger partial charge < -0.3 is 20.2 Å². The zero-order chi connectivity index (χ0) is 20.8. The van der Waals surface area contributed by atoms with Crippen molar-refractivity contribution < 1.29 is 24.7 Å². The van der Waals surface area contributed by atoms with E-state index in [2.05, 4.69) is 9.48 Å². The maximum Gasteiger partial charge on any atom is 0.239 e. The Labute approximate surface area is 183 Å². The molecule has 2 fully saturated rings. The molecule has 0 unspecified atom stereocenters. The summed E-state index contributed by atoms with van der Waals surface area (Å²) in [6.07, 6.45) is 6.50. The standard InChI is InChI=1S/C22H24N2O4S2/c25-13-5-9-23(10-6-13)17-3-1-15(29-17)19-21(27)20(22(19)28)16-2-4-18(30-16)24-11-7-14(26)8-12-24/h1-4,13-14,25-26H,5-12H2/p+1. The molecule has 0 amide bonds. The normalized spacial score (nSPS) is 28.0. The summed E-state index contributed by atoms with van der Waals surface area (Å²) in [5.74, 6) is -0.0117. The van der Waals surface area contributed by atoms with E-state index in [1.54, 1.807) is 0 Å². The fourth-order valence-electron chi connectivity index (χ4n) is 4.30. The Hall–Kier alpha value is -1.87. The molecule has 0 saturated carbocycles. The highest BCUT2D eigenvalue weighted by atomic mass is 32.2. The van der Waals surface area contributed by atoms with Crippen LogP contribution in [0.15, 0.2) is 40.5 Å². The summed E-state index contributed by atoms with van der Waals surface area (Å²) in [5, 5.41) is 32.2. The summed E-state index contributed by atoms with van der Waals surface area (Å²) >= 11 is 3.04. The topological polar surface area (TPSA) is 84.0 Å². The van der Waals surface area contributed by atoms with Gasteiger partial charge in [0.1, 0.15) is 18.8 Å². The molecular formula is C22H25N2O4S2+. The van der Waals surface area contributed by atoms with Crippen LogP contribution in [0, 0.1) is 0 Å². The number of rotatable bonds is 2. The molecular weight excluding hydrogens is 420 g/mol. The van der Waals surface area contributed by atoms with Crippen molar-refractivity contribution in [1.82, 2.24) is 0 Å². The van der Waals surface area contributed by atoms with Crippen LogP contribution < -0.4 is 4.90 Å². The molecule has 4 heterocycles. The molecule has 4 aliphatic rings. The number of ketones is 1. The van der Waals surface area contributed by atoms with Gasteiger partial charge in [0.05, 0.1) is 28.4 Å². The maximum atomic E-state index is 12.9. The predicted octanol–water partition coefficient (Wildman–Crippen LogP) is 2.68. The van der Waals surface area contributed by atoms with Gasteiger partial charge in [-0.05, 0) is 42.8 Å². The lowest BCUT2D eigenvalue weighted by Crippen LogP contribution is -2.35. The Balaban J connectivity index is 1.35. The van der Waals surface area contributed by atoms with Crippen LogP contribution in [0.3, 0.4) is 0 Å². The van der Waals surface area contributed by atoms with Gasteiger partial charge >= 0.3 is 0 Å². The van der Waals surface area contributed by atoms with Crippen molar-refractivity contribution >= 4 is 44.5 Å². The van der Waals surface area contributed by atoms with Crippen LogP contribution in [0.25, 0.3) is 5.57 Å². The van der Waals surface area contributed by atoms with Crippen molar-refractivity contribution in [2.45, 2.75) is 37.9 Å². The molecule has 3 N–H and O–H groups in total. The SMILES string of the molecule is O=C1C(=C2C=CC(=[N+]3CCC(O)CC3)S2)C(O)=C1c1ccc(N2CCC(O)CC2)s1. The second kappa shape index (κ2) is 8.00. The lowest BCUT2D eigenvalue weighted by Gasteiger charge is -2.30. The second-order valence-electron chi connectivity index (χ2n) is 8.14. The van der Waals surface area contributed by atoms with E-state index in [4.69, 9.17) is 0 Å². The number of carbonyl (C=O) groups is 1. The molecule has 1 aliphatic carbocycles. The zero-order valence-electron chi connectivity index (χ0n) is 16.6. The first-order chi connectivity index (χ1) is 14.5. The Kier molecular flexibility index (Phi) is 5.35. The predicted molar refractivity (Wildman–Crippen MR) is 120 cm³/mol. The Morgan fingerprint density at radius 2 is 1.67 bits per heavy atom. The largest absolute Gasteiger partial charge is 0.506 e. The third-order valence-corrected chi connectivity index (χ3v) is 8.48. The van der Waals surface area contributed by atoms with E-state index in [0.717, 1.165) is 71.7 Å². The van der Waals surface area contributed by atoms with Crippen LogP contribution in [0.4, 0.5) is 5.00 Å². The minimum Gasteiger partial charge on any atom is -0.506 e. The number of aliphatic hydroxyl groups is 3. The average molecular weight is 446 g/mol. The molecule has 30 heavy (non-hydrogen) atoms. The van der Waals surface area contributed by atoms with Crippen LogP contribution in [-0.2, 0) is 4.79 Å². The van der Waals surface area contributed by atoms with E-state index in [-0.39, 0.29) is 23.8 Å². The molecule has 5 rings (SSSR count).